The number of halogens is 4. The number of nitrogens with one attached hydrogen (secondary N) is 1. The topological polar surface area (TPSA) is 58.6 Å². The number of aliphatic hydroxyl groups is 1. The molecule has 0 aliphatic heterocycles. The quantitative estimate of drug-likeness (QED) is 0.839. The predicted octanol–water partition coefficient (Wildman–Crippen LogP) is 2.69. The first-order valence-electron chi connectivity index (χ1n) is 5.50. The van der Waals surface area contributed by atoms with Crippen LogP contribution in [0.25, 0.3) is 0 Å². The Morgan fingerprint density at radius 3 is 2.55 bits per heavy atom. The number of hydrogen-bond acceptors (Lipinski definition) is 4. The number of para-hydroxylation sites is 1. The number of anilines is 1. The Balaban J connectivity index is 3.02. The lowest BCUT2D eigenvalue weighted by Crippen LogP contribution is -2.43. The summed E-state index contributed by atoms with van der Waals surface area (Å²) in [5, 5.41) is 11.9. The van der Waals surface area contributed by atoms with Gasteiger partial charge in [-0.05, 0) is 19.1 Å². The van der Waals surface area contributed by atoms with E-state index in [1.807, 2.05) is 0 Å². The lowest BCUT2D eigenvalue weighted by Gasteiger charge is -2.23. The molecule has 1 unspecified atom stereocenters. The Morgan fingerprint density at radius 2 is 2.05 bits per heavy atom. The second kappa shape index (κ2) is 5.88. The van der Waals surface area contributed by atoms with Crippen LogP contribution >= 0.6 is 11.6 Å². The fraction of sp³-hybridized carbons (Fsp3) is 0.417. The smallest absolute Gasteiger partial charge is 0.418 e. The minimum absolute atomic E-state index is 0.166. The number of hydrogen-bond donors (Lipinski definition) is 2. The van der Waals surface area contributed by atoms with Crippen LogP contribution in [0.4, 0.5) is 18.9 Å². The first kappa shape index (κ1) is 16.6. The molecule has 1 rings (SSSR count). The molecule has 8 heteroatoms. The third-order valence-electron chi connectivity index (χ3n) is 2.55. The van der Waals surface area contributed by atoms with Gasteiger partial charge in [-0.15, -0.1) is 0 Å². The van der Waals surface area contributed by atoms with Crippen LogP contribution in [-0.4, -0.2) is 30.3 Å². The van der Waals surface area contributed by atoms with E-state index in [1.54, 1.807) is 0 Å². The minimum Gasteiger partial charge on any atom is -0.467 e. The fourth-order valence-corrected chi connectivity index (χ4v) is 1.73. The van der Waals surface area contributed by atoms with E-state index in [0.29, 0.717) is 0 Å². The Labute approximate surface area is 118 Å². The Bertz CT molecular complexity index is 503. The summed E-state index contributed by atoms with van der Waals surface area (Å²) in [6, 6.07) is 3.28. The molecule has 0 spiro atoms. The van der Waals surface area contributed by atoms with Crippen LogP contribution in [0.3, 0.4) is 0 Å². The molecule has 0 aliphatic rings. The van der Waals surface area contributed by atoms with E-state index in [1.165, 1.54) is 6.07 Å². The van der Waals surface area contributed by atoms with E-state index in [4.69, 9.17) is 11.6 Å². The van der Waals surface area contributed by atoms with E-state index >= 15 is 0 Å². The number of rotatable bonds is 4. The summed E-state index contributed by atoms with van der Waals surface area (Å²) in [6.07, 6.45) is -4.61. The molecule has 20 heavy (non-hydrogen) atoms. The minimum atomic E-state index is -4.61. The molecule has 0 saturated heterocycles. The summed E-state index contributed by atoms with van der Waals surface area (Å²) in [5.41, 5.74) is -3.35. The van der Waals surface area contributed by atoms with Gasteiger partial charge in [-0.1, -0.05) is 17.7 Å². The molecule has 0 heterocycles. The first-order valence-corrected chi connectivity index (χ1v) is 5.88. The maximum atomic E-state index is 12.8. The SMILES string of the molecule is COC(=O)C(C)(O)CNc1c(Cl)cccc1C(F)(F)F. The van der Waals surface area contributed by atoms with Crippen LogP contribution in [0.15, 0.2) is 18.2 Å². The van der Waals surface area contributed by atoms with Gasteiger partial charge in [0.25, 0.3) is 0 Å². The molecule has 0 bridgehead atoms. The molecular weight excluding hydrogens is 299 g/mol. The van der Waals surface area contributed by atoms with Gasteiger partial charge in [0.2, 0.25) is 0 Å². The van der Waals surface area contributed by atoms with Crippen LogP contribution in [-0.2, 0) is 15.7 Å². The van der Waals surface area contributed by atoms with Gasteiger partial charge >= 0.3 is 12.1 Å². The van der Waals surface area contributed by atoms with Crippen LogP contribution < -0.4 is 5.32 Å². The van der Waals surface area contributed by atoms with Crippen molar-refractivity contribution in [2.75, 3.05) is 19.0 Å². The molecule has 0 saturated carbocycles. The molecule has 1 atom stereocenters. The summed E-state index contributed by atoms with van der Waals surface area (Å²) < 4.78 is 42.8. The number of methoxy groups -OCH3 is 1. The van der Waals surface area contributed by atoms with E-state index in [0.717, 1.165) is 26.2 Å². The summed E-state index contributed by atoms with van der Waals surface area (Å²) >= 11 is 5.72. The number of alkyl halides is 3. The number of ether oxygens (including phenoxy) is 1. The molecule has 4 nitrogen and oxygen atoms in total. The average molecular weight is 312 g/mol. The van der Waals surface area contributed by atoms with Crippen LogP contribution in [0, 0.1) is 0 Å². The summed E-state index contributed by atoms with van der Waals surface area (Å²) in [7, 11) is 1.06. The number of esters is 1. The summed E-state index contributed by atoms with van der Waals surface area (Å²) in [5.74, 6) is -0.967. The zero-order chi connectivity index (χ0) is 15.6. The zero-order valence-electron chi connectivity index (χ0n) is 10.7. The highest BCUT2D eigenvalue weighted by atomic mass is 35.5. The van der Waals surface area contributed by atoms with Crippen molar-refractivity contribution in [1.29, 1.82) is 0 Å². The lowest BCUT2D eigenvalue weighted by molar-refractivity contribution is -0.158. The second-order valence-corrected chi connectivity index (χ2v) is 4.69. The molecule has 0 aromatic heterocycles. The second-order valence-electron chi connectivity index (χ2n) is 4.28. The van der Waals surface area contributed by atoms with Gasteiger partial charge in [0.1, 0.15) is 0 Å². The molecule has 0 amide bonds. The Morgan fingerprint density at radius 1 is 1.45 bits per heavy atom. The third kappa shape index (κ3) is 3.77. The zero-order valence-corrected chi connectivity index (χ0v) is 11.5. The molecule has 1 aromatic rings. The maximum absolute atomic E-state index is 12.8. The maximum Gasteiger partial charge on any atom is 0.418 e. The number of carbonyl (C=O) groups is 1. The van der Waals surface area contributed by atoms with Crippen LogP contribution in [0.2, 0.25) is 5.02 Å². The monoisotopic (exact) mass is 311 g/mol. The summed E-state index contributed by atoms with van der Waals surface area (Å²) in [4.78, 5) is 11.3. The Kier molecular flexibility index (Phi) is 4.88. The molecular formula is C12H13ClF3NO3. The highest BCUT2D eigenvalue weighted by Crippen LogP contribution is 2.38. The Hall–Kier alpha value is -1.47. The fourth-order valence-electron chi connectivity index (χ4n) is 1.49. The molecule has 2 N–H and O–H groups in total. The summed E-state index contributed by atoms with van der Waals surface area (Å²) in [6.45, 7) is 0.641. The first-order chi connectivity index (χ1) is 9.09. The molecule has 0 radical (unpaired) electrons. The van der Waals surface area contributed by atoms with Crippen molar-refractivity contribution in [3.05, 3.63) is 28.8 Å². The van der Waals surface area contributed by atoms with Gasteiger partial charge in [0.05, 0.1) is 29.9 Å². The van der Waals surface area contributed by atoms with Crippen molar-refractivity contribution in [3.8, 4) is 0 Å². The number of carbonyl (C=O) groups excluding carboxylic acids is 1. The van der Waals surface area contributed by atoms with Gasteiger partial charge < -0.3 is 15.2 Å². The van der Waals surface area contributed by atoms with Gasteiger partial charge in [-0.25, -0.2) is 4.79 Å². The highest BCUT2D eigenvalue weighted by Gasteiger charge is 2.36. The molecule has 112 valence electrons. The lowest BCUT2D eigenvalue weighted by atomic mass is 10.1. The molecule has 0 fully saturated rings. The van der Waals surface area contributed by atoms with Crippen molar-refractivity contribution in [2.24, 2.45) is 0 Å². The van der Waals surface area contributed by atoms with Crippen LogP contribution in [0.5, 0.6) is 0 Å². The molecule has 0 aliphatic carbocycles. The van der Waals surface area contributed by atoms with E-state index in [2.05, 4.69) is 10.1 Å². The standard InChI is InChI=1S/C12H13ClF3NO3/c1-11(19,10(18)20-2)6-17-9-7(12(14,15)16)4-3-5-8(9)13/h3-5,17,19H,6H2,1-2H3. The molecule has 1 aromatic carbocycles. The van der Waals surface area contributed by atoms with Gasteiger partial charge in [0, 0.05) is 0 Å². The largest absolute Gasteiger partial charge is 0.467 e. The predicted molar refractivity (Wildman–Crippen MR) is 67.6 cm³/mol. The van der Waals surface area contributed by atoms with Crippen molar-refractivity contribution in [1.82, 2.24) is 0 Å². The van der Waals surface area contributed by atoms with Crippen molar-refractivity contribution in [3.63, 3.8) is 0 Å². The van der Waals surface area contributed by atoms with Crippen LogP contribution in [0.1, 0.15) is 12.5 Å². The van der Waals surface area contributed by atoms with E-state index in [9.17, 15) is 23.1 Å². The van der Waals surface area contributed by atoms with Gasteiger partial charge in [-0.3, -0.25) is 0 Å². The number of benzene rings is 1. The van der Waals surface area contributed by atoms with Crippen molar-refractivity contribution < 1.29 is 27.8 Å². The van der Waals surface area contributed by atoms with Gasteiger partial charge in [0.15, 0.2) is 5.60 Å². The normalized spacial score (nSPS) is 14.6. The van der Waals surface area contributed by atoms with E-state index in [-0.39, 0.29) is 5.02 Å². The highest BCUT2D eigenvalue weighted by molar-refractivity contribution is 6.33. The average Bonchev–Trinajstić information content (AvgIpc) is 2.34. The van der Waals surface area contributed by atoms with E-state index < -0.39 is 35.5 Å². The third-order valence-corrected chi connectivity index (χ3v) is 2.87. The van der Waals surface area contributed by atoms with Gasteiger partial charge in [-0.2, -0.15) is 13.2 Å². The van der Waals surface area contributed by atoms with Crippen molar-refractivity contribution in [2.45, 2.75) is 18.7 Å². The van der Waals surface area contributed by atoms with Crippen molar-refractivity contribution >= 4 is 23.3 Å².